The van der Waals surface area contributed by atoms with Crippen LogP contribution in [0.15, 0.2) is 23.2 Å². The van der Waals surface area contributed by atoms with Crippen molar-refractivity contribution in [1.82, 2.24) is 16.0 Å². The van der Waals surface area contributed by atoms with Gasteiger partial charge in [-0.25, -0.2) is 4.79 Å². The largest absolute Gasteiger partial charge is 0.493 e. The summed E-state index contributed by atoms with van der Waals surface area (Å²) in [6.45, 7) is 7.10. The summed E-state index contributed by atoms with van der Waals surface area (Å²) >= 11 is 0. The molecule has 10 heteroatoms. The van der Waals surface area contributed by atoms with Crippen molar-refractivity contribution in [2.75, 3.05) is 27.2 Å². The zero-order valence-corrected chi connectivity index (χ0v) is 19.3. The highest BCUT2D eigenvalue weighted by Gasteiger charge is 2.24. The normalized spacial score (nSPS) is 12.4. The van der Waals surface area contributed by atoms with Gasteiger partial charge in [0.05, 0.1) is 12.6 Å². The Morgan fingerprint density at radius 2 is 1.81 bits per heavy atom. The monoisotopic (exact) mass is 444 g/mol. The first-order chi connectivity index (χ1) is 14.3. The summed E-state index contributed by atoms with van der Waals surface area (Å²) in [6, 6.07) is 4.89. The van der Waals surface area contributed by atoms with Crippen LogP contribution in [0, 0.1) is 0 Å². The van der Waals surface area contributed by atoms with Crippen molar-refractivity contribution >= 4 is 12.1 Å². The van der Waals surface area contributed by atoms with Gasteiger partial charge in [0, 0.05) is 20.1 Å². The highest BCUT2D eigenvalue weighted by Crippen LogP contribution is 2.29. The third-order valence-electron chi connectivity index (χ3n) is 3.91. The fourth-order valence-electron chi connectivity index (χ4n) is 2.54. The molecule has 0 unspecified atom stereocenters. The number of amides is 1. The second kappa shape index (κ2) is 11.6. The second-order valence-electron chi connectivity index (χ2n) is 8.48. The van der Waals surface area contributed by atoms with Gasteiger partial charge in [-0.3, -0.25) is 4.99 Å². The molecule has 0 aromatic heterocycles. The summed E-state index contributed by atoms with van der Waals surface area (Å²) in [7, 11) is 3.02. The first kappa shape index (κ1) is 26.3. The van der Waals surface area contributed by atoms with Crippen molar-refractivity contribution in [2.24, 2.45) is 4.99 Å². The molecule has 0 aliphatic carbocycles. The topological polar surface area (TPSA) is 93.2 Å². The maximum absolute atomic E-state index is 12.6. The fourth-order valence-corrected chi connectivity index (χ4v) is 2.54. The molecule has 1 aromatic carbocycles. The molecule has 176 valence electrons. The molecule has 31 heavy (non-hydrogen) atoms. The molecule has 0 aliphatic rings. The van der Waals surface area contributed by atoms with E-state index in [1.165, 1.54) is 13.2 Å². The Labute approximate surface area is 182 Å². The van der Waals surface area contributed by atoms with E-state index in [9.17, 15) is 13.6 Å². The Bertz CT molecular complexity index is 749. The number of guanidine groups is 1. The number of ether oxygens (including phenoxy) is 3. The minimum atomic E-state index is -2.93. The molecule has 8 nitrogen and oxygen atoms in total. The minimum absolute atomic E-state index is 0.00697. The zero-order valence-electron chi connectivity index (χ0n) is 19.3. The molecule has 0 fully saturated rings. The molecule has 0 spiro atoms. The Morgan fingerprint density at radius 1 is 1.13 bits per heavy atom. The third kappa shape index (κ3) is 10.7. The maximum Gasteiger partial charge on any atom is 0.408 e. The van der Waals surface area contributed by atoms with Crippen LogP contribution in [0.25, 0.3) is 0 Å². The number of alkyl halides is 2. The number of nitrogens with zero attached hydrogens (tertiary/aromatic N) is 1. The second-order valence-corrected chi connectivity index (χ2v) is 8.48. The van der Waals surface area contributed by atoms with Crippen LogP contribution >= 0.6 is 0 Å². The van der Waals surface area contributed by atoms with Crippen molar-refractivity contribution in [1.29, 1.82) is 0 Å². The van der Waals surface area contributed by atoms with E-state index in [-0.39, 0.29) is 11.5 Å². The van der Waals surface area contributed by atoms with Gasteiger partial charge in [-0.2, -0.15) is 8.78 Å². The molecule has 3 N–H and O–H groups in total. The van der Waals surface area contributed by atoms with E-state index in [1.54, 1.807) is 40.0 Å². The van der Waals surface area contributed by atoms with E-state index in [4.69, 9.17) is 9.47 Å². The zero-order chi connectivity index (χ0) is 23.7. The number of halogens is 2. The van der Waals surface area contributed by atoms with E-state index in [1.807, 2.05) is 13.8 Å². The number of aliphatic imine (C=N–C) groups is 1. The van der Waals surface area contributed by atoms with E-state index in [2.05, 4.69) is 25.7 Å². The molecular formula is C21H34F2N4O4. The van der Waals surface area contributed by atoms with Crippen LogP contribution in [0.2, 0.25) is 0 Å². The predicted octanol–water partition coefficient (Wildman–Crippen LogP) is 3.31. The van der Waals surface area contributed by atoms with E-state index >= 15 is 0 Å². The third-order valence-corrected chi connectivity index (χ3v) is 3.91. The first-order valence-electron chi connectivity index (χ1n) is 9.92. The standard InChI is InChI=1S/C21H34F2N4O4/c1-20(2,3)31-19(28)27-21(4,5)13-26-18(24-6)25-11-10-14-8-9-15(29-7)16(12-14)30-17(22)23/h8-9,12,17H,10-11,13H2,1-7H3,(H,27,28)(H2,24,25,26). The van der Waals surface area contributed by atoms with Crippen LogP contribution < -0.4 is 25.4 Å². The summed E-state index contributed by atoms with van der Waals surface area (Å²) in [4.78, 5) is 16.1. The van der Waals surface area contributed by atoms with Gasteiger partial charge in [0.2, 0.25) is 0 Å². The average molecular weight is 445 g/mol. The number of nitrogens with one attached hydrogen (secondary N) is 3. The molecule has 0 bridgehead atoms. The molecule has 1 rings (SSSR count). The van der Waals surface area contributed by atoms with Crippen LogP contribution in [0.4, 0.5) is 13.6 Å². The lowest BCUT2D eigenvalue weighted by Gasteiger charge is -2.29. The Balaban J connectivity index is 2.55. The molecule has 0 heterocycles. The molecule has 0 saturated heterocycles. The van der Waals surface area contributed by atoms with Gasteiger partial charge in [0.15, 0.2) is 17.5 Å². The highest BCUT2D eigenvalue weighted by molar-refractivity contribution is 5.79. The Hall–Kier alpha value is -2.78. The van der Waals surface area contributed by atoms with Crippen LogP contribution in [0.5, 0.6) is 11.5 Å². The van der Waals surface area contributed by atoms with Crippen LogP contribution in [0.1, 0.15) is 40.2 Å². The first-order valence-corrected chi connectivity index (χ1v) is 9.92. The molecule has 1 aromatic rings. The number of methoxy groups -OCH3 is 1. The number of alkyl carbamates (subject to hydrolysis) is 1. The van der Waals surface area contributed by atoms with Crippen molar-refractivity contribution in [3.8, 4) is 11.5 Å². The SMILES string of the molecule is CN=C(NCCc1ccc(OC)c(OC(F)F)c1)NCC(C)(C)NC(=O)OC(C)(C)C. The molecule has 0 atom stereocenters. The van der Waals surface area contributed by atoms with E-state index in [0.717, 1.165) is 5.56 Å². The number of carbonyl (C=O) groups excluding carboxylic acids is 1. The van der Waals surface area contributed by atoms with Gasteiger partial charge in [-0.05, 0) is 58.7 Å². The van der Waals surface area contributed by atoms with Gasteiger partial charge < -0.3 is 30.2 Å². The van der Waals surface area contributed by atoms with Crippen LogP contribution in [-0.4, -0.2) is 57.1 Å². The van der Waals surface area contributed by atoms with E-state index in [0.29, 0.717) is 25.5 Å². The fraction of sp³-hybridized carbons (Fsp3) is 0.619. The van der Waals surface area contributed by atoms with Gasteiger partial charge in [0.25, 0.3) is 0 Å². The van der Waals surface area contributed by atoms with Crippen molar-refractivity contribution in [3.63, 3.8) is 0 Å². The average Bonchev–Trinajstić information content (AvgIpc) is 2.62. The summed E-state index contributed by atoms with van der Waals surface area (Å²) in [5, 5.41) is 9.10. The van der Waals surface area contributed by atoms with Crippen molar-refractivity contribution < 1.29 is 27.8 Å². The van der Waals surface area contributed by atoms with Crippen LogP contribution in [-0.2, 0) is 11.2 Å². The Morgan fingerprint density at radius 3 is 2.35 bits per heavy atom. The Kier molecular flexibility index (Phi) is 9.80. The maximum atomic E-state index is 12.6. The lowest BCUT2D eigenvalue weighted by atomic mass is 10.1. The predicted molar refractivity (Wildman–Crippen MR) is 116 cm³/mol. The van der Waals surface area contributed by atoms with Crippen molar-refractivity contribution in [3.05, 3.63) is 23.8 Å². The summed E-state index contributed by atoms with van der Waals surface area (Å²) in [5.74, 6) is 0.776. The molecule has 0 aliphatic heterocycles. The van der Waals surface area contributed by atoms with Crippen LogP contribution in [0.3, 0.4) is 0 Å². The van der Waals surface area contributed by atoms with E-state index < -0.39 is 23.8 Å². The minimum Gasteiger partial charge on any atom is -0.493 e. The van der Waals surface area contributed by atoms with Gasteiger partial charge >= 0.3 is 12.7 Å². The number of hydrogen-bond donors (Lipinski definition) is 3. The smallest absolute Gasteiger partial charge is 0.408 e. The number of benzene rings is 1. The van der Waals surface area contributed by atoms with Crippen molar-refractivity contribution in [2.45, 2.75) is 58.8 Å². The summed E-state index contributed by atoms with van der Waals surface area (Å²) in [6.07, 6.45) is 0.0488. The number of carbonyl (C=O) groups is 1. The quantitative estimate of drug-likeness (QED) is 0.400. The summed E-state index contributed by atoms with van der Waals surface area (Å²) in [5.41, 5.74) is -0.365. The molecule has 0 radical (unpaired) electrons. The summed E-state index contributed by atoms with van der Waals surface area (Å²) < 4.78 is 40.0. The highest BCUT2D eigenvalue weighted by atomic mass is 19.3. The van der Waals surface area contributed by atoms with Gasteiger partial charge in [-0.1, -0.05) is 6.07 Å². The lowest BCUT2D eigenvalue weighted by Crippen LogP contribution is -2.54. The molecule has 1 amide bonds. The van der Waals surface area contributed by atoms with Gasteiger partial charge in [-0.15, -0.1) is 0 Å². The lowest BCUT2D eigenvalue weighted by molar-refractivity contribution is -0.0512. The number of rotatable bonds is 9. The molecule has 0 saturated carbocycles. The van der Waals surface area contributed by atoms with Gasteiger partial charge in [0.1, 0.15) is 5.60 Å². The molecular weight excluding hydrogens is 410 g/mol. The number of hydrogen-bond acceptors (Lipinski definition) is 5.